The van der Waals surface area contributed by atoms with Gasteiger partial charge in [-0.2, -0.15) is 0 Å². The van der Waals surface area contributed by atoms with Crippen LogP contribution in [0.3, 0.4) is 0 Å². The van der Waals surface area contributed by atoms with Gasteiger partial charge in [0.1, 0.15) is 6.26 Å². The highest BCUT2D eigenvalue weighted by atomic mass is 16.5. The van der Waals surface area contributed by atoms with Gasteiger partial charge >= 0.3 is 0 Å². The summed E-state index contributed by atoms with van der Waals surface area (Å²) in [5.41, 5.74) is 2.95. The monoisotopic (exact) mass is 368 g/mol. The molecule has 0 spiro atoms. The van der Waals surface area contributed by atoms with Crippen molar-refractivity contribution in [3.8, 4) is 0 Å². The average Bonchev–Trinajstić information content (AvgIpc) is 3.39. The Bertz CT molecular complexity index is 829. The molecule has 1 N–H and O–H groups in total. The van der Waals surface area contributed by atoms with Crippen molar-refractivity contribution in [3.05, 3.63) is 47.7 Å². The molecule has 0 unspecified atom stereocenters. The first-order valence-corrected chi connectivity index (χ1v) is 9.52. The number of nitrogens with zero attached hydrogens (tertiary/aromatic N) is 3. The summed E-state index contributed by atoms with van der Waals surface area (Å²) in [5, 5.41) is 7.00. The van der Waals surface area contributed by atoms with Crippen LogP contribution in [0.2, 0.25) is 0 Å². The Kier molecular flexibility index (Phi) is 5.09. The minimum Gasteiger partial charge on any atom is -0.382 e. The molecule has 0 saturated carbocycles. The first kappa shape index (κ1) is 17.6. The summed E-state index contributed by atoms with van der Waals surface area (Å²) in [5.74, 6) is 0.216. The highest BCUT2D eigenvalue weighted by Gasteiger charge is 2.28. The Morgan fingerprint density at radius 1 is 1.30 bits per heavy atom. The number of ketones is 1. The van der Waals surface area contributed by atoms with Gasteiger partial charge in [0.15, 0.2) is 5.78 Å². The van der Waals surface area contributed by atoms with Crippen molar-refractivity contribution in [2.75, 3.05) is 13.1 Å². The molecule has 0 radical (unpaired) electrons. The molecule has 2 aliphatic rings. The van der Waals surface area contributed by atoms with Crippen LogP contribution in [0, 0.1) is 5.92 Å². The standard InChI is InChI=1S/C20H24N4O3/c25-19(5-1-3-17-13-24-8-2-4-18(24)12-21-17)23-9-6-15(7-10-23)20(26)16-11-22-27-14-16/h2,4,8,11,13-15,21H,1,3,5-7,9-10,12H2. The molecule has 7 nitrogen and oxygen atoms in total. The van der Waals surface area contributed by atoms with Crippen molar-refractivity contribution in [2.24, 2.45) is 5.92 Å². The second-order valence-electron chi connectivity index (χ2n) is 7.20. The largest absolute Gasteiger partial charge is 0.382 e. The number of fused-ring (bicyclic) bond motifs is 1. The van der Waals surface area contributed by atoms with E-state index in [0.717, 1.165) is 19.4 Å². The maximum Gasteiger partial charge on any atom is 0.222 e. The molecule has 0 bridgehead atoms. The van der Waals surface area contributed by atoms with Crippen LogP contribution in [-0.2, 0) is 11.3 Å². The van der Waals surface area contributed by atoms with Gasteiger partial charge < -0.3 is 19.3 Å². The molecule has 1 amide bonds. The van der Waals surface area contributed by atoms with Crippen LogP contribution >= 0.6 is 0 Å². The fraction of sp³-hybridized carbons (Fsp3) is 0.450. The highest BCUT2D eigenvalue weighted by Crippen LogP contribution is 2.23. The van der Waals surface area contributed by atoms with E-state index < -0.39 is 0 Å². The lowest BCUT2D eigenvalue weighted by Gasteiger charge is -2.31. The van der Waals surface area contributed by atoms with E-state index in [9.17, 15) is 9.59 Å². The molecule has 2 aliphatic heterocycles. The predicted molar refractivity (Wildman–Crippen MR) is 99.5 cm³/mol. The molecule has 27 heavy (non-hydrogen) atoms. The molecule has 4 rings (SSSR count). The third-order valence-corrected chi connectivity index (χ3v) is 5.43. The van der Waals surface area contributed by atoms with E-state index in [-0.39, 0.29) is 17.6 Å². The zero-order chi connectivity index (χ0) is 18.6. The third-order valence-electron chi connectivity index (χ3n) is 5.43. The van der Waals surface area contributed by atoms with Crippen LogP contribution in [0.15, 0.2) is 41.0 Å². The Morgan fingerprint density at radius 2 is 2.15 bits per heavy atom. The van der Waals surface area contributed by atoms with Crippen LogP contribution in [0.25, 0.3) is 6.20 Å². The molecule has 0 aliphatic carbocycles. The van der Waals surface area contributed by atoms with Crippen LogP contribution in [-0.4, -0.2) is 39.4 Å². The van der Waals surface area contributed by atoms with E-state index in [4.69, 9.17) is 4.52 Å². The number of piperidine rings is 1. The van der Waals surface area contributed by atoms with Gasteiger partial charge in [0.05, 0.1) is 18.3 Å². The quantitative estimate of drug-likeness (QED) is 0.793. The topological polar surface area (TPSA) is 80.4 Å². The van der Waals surface area contributed by atoms with E-state index in [2.05, 4.69) is 27.3 Å². The molecule has 1 saturated heterocycles. The van der Waals surface area contributed by atoms with Crippen LogP contribution in [0.4, 0.5) is 0 Å². The lowest BCUT2D eigenvalue weighted by molar-refractivity contribution is -0.132. The molecule has 4 heterocycles. The lowest BCUT2D eigenvalue weighted by atomic mass is 9.90. The average molecular weight is 368 g/mol. The number of carbonyl (C=O) groups is 2. The number of aromatic nitrogens is 2. The second kappa shape index (κ2) is 7.82. The molecule has 0 atom stereocenters. The van der Waals surface area contributed by atoms with Gasteiger partial charge in [-0.05, 0) is 37.8 Å². The number of likely N-dealkylation sites (tertiary alicyclic amines) is 1. The van der Waals surface area contributed by atoms with Crippen molar-refractivity contribution in [2.45, 2.75) is 38.6 Å². The first-order chi connectivity index (χ1) is 13.2. The Labute approximate surface area is 158 Å². The van der Waals surface area contributed by atoms with E-state index in [1.807, 2.05) is 17.2 Å². The molecule has 0 aromatic carbocycles. The fourth-order valence-corrected chi connectivity index (χ4v) is 3.82. The zero-order valence-electron chi connectivity index (χ0n) is 15.3. The number of rotatable bonds is 6. The maximum atomic E-state index is 12.5. The van der Waals surface area contributed by atoms with Crippen molar-refractivity contribution >= 4 is 17.9 Å². The molecular weight excluding hydrogens is 344 g/mol. The molecule has 2 aromatic rings. The van der Waals surface area contributed by atoms with Crippen LogP contribution < -0.4 is 5.32 Å². The minimum absolute atomic E-state index is 0.0409. The normalized spacial score (nSPS) is 17.2. The summed E-state index contributed by atoms with van der Waals surface area (Å²) in [6, 6.07) is 4.14. The predicted octanol–water partition coefficient (Wildman–Crippen LogP) is 2.67. The van der Waals surface area contributed by atoms with Gasteiger partial charge in [-0.15, -0.1) is 0 Å². The van der Waals surface area contributed by atoms with Crippen LogP contribution in [0.5, 0.6) is 0 Å². The summed E-state index contributed by atoms with van der Waals surface area (Å²) >= 11 is 0. The number of amides is 1. The second-order valence-corrected chi connectivity index (χ2v) is 7.20. The van der Waals surface area contributed by atoms with Gasteiger partial charge in [0.2, 0.25) is 5.91 Å². The number of carbonyl (C=O) groups excluding carboxylic acids is 2. The summed E-state index contributed by atoms with van der Waals surface area (Å²) < 4.78 is 6.88. The Morgan fingerprint density at radius 3 is 2.93 bits per heavy atom. The van der Waals surface area contributed by atoms with E-state index >= 15 is 0 Å². The fourth-order valence-electron chi connectivity index (χ4n) is 3.82. The van der Waals surface area contributed by atoms with Gasteiger partial charge in [-0.25, -0.2) is 0 Å². The maximum absolute atomic E-state index is 12.5. The molecule has 142 valence electrons. The highest BCUT2D eigenvalue weighted by molar-refractivity contribution is 5.97. The number of nitrogens with one attached hydrogen (secondary N) is 1. The molecule has 7 heteroatoms. The van der Waals surface area contributed by atoms with Gasteiger partial charge in [0, 0.05) is 49.2 Å². The number of Topliss-reactive ketones (excluding diaryl/α,β-unsaturated/α-hetero) is 1. The van der Waals surface area contributed by atoms with Crippen molar-refractivity contribution in [1.82, 2.24) is 19.9 Å². The molecule has 1 fully saturated rings. The van der Waals surface area contributed by atoms with E-state index in [1.165, 1.54) is 23.9 Å². The summed E-state index contributed by atoms with van der Waals surface area (Å²) in [6.07, 6.45) is 10.7. The summed E-state index contributed by atoms with van der Waals surface area (Å²) in [7, 11) is 0. The zero-order valence-corrected chi connectivity index (χ0v) is 15.3. The first-order valence-electron chi connectivity index (χ1n) is 9.52. The minimum atomic E-state index is -0.0409. The summed E-state index contributed by atoms with van der Waals surface area (Å²) in [4.78, 5) is 26.7. The lowest BCUT2D eigenvalue weighted by Crippen LogP contribution is -2.40. The Hall–Kier alpha value is -2.83. The van der Waals surface area contributed by atoms with Gasteiger partial charge in [0.25, 0.3) is 0 Å². The third kappa shape index (κ3) is 3.97. The smallest absolute Gasteiger partial charge is 0.222 e. The van der Waals surface area contributed by atoms with Gasteiger partial charge in [-0.3, -0.25) is 9.59 Å². The van der Waals surface area contributed by atoms with Gasteiger partial charge in [-0.1, -0.05) is 5.16 Å². The molecular formula is C20H24N4O3. The SMILES string of the molecule is O=C(c1cnoc1)C1CCN(C(=O)CCCC2=Cn3cccc3CN2)CC1. The van der Waals surface area contributed by atoms with E-state index in [0.29, 0.717) is 37.9 Å². The molecule has 2 aromatic heterocycles. The van der Waals surface area contributed by atoms with Crippen molar-refractivity contribution in [3.63, 3.8) is 0 Å². The Balaban J connectivity index is 1.21. The number of allylic oxidation sites excluding steroid dienone is 1. The van der Waals surface area contributed by atoms with Crippen molar-refractivity contribution in [1.29, 1.82) is 0 Å². The number of hydrogen-bond donors (Lipinski definition) is 1. The summed E-state index contributed by atoms with van der Waals surface area (Å²) in [6.45, 7) is 2.13. The van der Waals surface area contributed by atoms with Crippen molar-refractivity contribution < 1.29 is 14.1 Å². The van der Waals surface area contributed by atoms with E-state index in [1.54, 1.807) is 0 Å². The van der Waals surface area contributed by atoms with Crippen LogP contribution in [0.1, 0.15) is 48.2 Å². The number of hydrogen-bond acceptors (Lipinski definition) is 5.